The van der Waals surface area contributed by atoms with E-state index in [-0.39, 0.29) is 38.5 Å². The quantitative estimate of drug-likeness (QED) is 0.284. The third-order valence-electron chi connectivity index (χ3n) is 5.10. The average molecular weight is 473 g/mol. The number of carboxylic acid groups (broad SMARTS) is 2. The van der Waals surface area contributed by atoms with Gasteiger partial charge in [-0.2, -0.15) is 0 Å². The minimum absolute atomic E-state index is 0.0252. The number of nitrogens with one attached hydrogen (secondary N) is 1. The van der Waals surface area contributed by atoms with Gasteiger partial charge >= 0.3 is 11.9 Å². The molecule has 2 aromatic rings. The summed E-state index contributed by atoms with van der Waals surface area (Å²) < 4.78 is 1.56. The molecule has 1 heterocycles. The number of aryl methyl sites for hydroxylation is 1. The van der Waals surface area contributed by atoms with E-state index in [0.717, 1.165) is 5.69 Å². The van der Waals surface area contributed by atoms with Gasteiger partial charge in [-0.1, -0.05) is 23.4 Å². The van der Waals surface area contributed by atoms with Crippen molar-refractivity contribution < 1.29 is 34.2 Å². The van der Waals surface area contributed by atoms with Gasteiger partial charge in [-0.05, 0) is 25.0 Å². The van der Waals surface area contributed by atoms with Crippen molar-refractivity contribution in [3.8, 4) is 5.69 Å². The number of carbonyl (C=O) groups is 5. The fraction of sp³-hybridized carbons (Fsp3) is 0.409. The third-order valence-corrected chi connectivity index (χ3v) is 5.10. The molecule has 12 heteroatoms. The zero-order chi connectivity index (χ0) is 25.1. The summed E-state index contributed by atoms with van der Waals surface area (Å²) in [7, 11) is 0. The van der Waals surface area contributed by atoms with Gasteiger partial charge in [-0.15, -0.1) is 5.10 Å². The largest absolute Gasteiger partial charge is 0.481 e. The van der Waals surface area contributed by atoms with Crippen LogP contribution >= 0.6 is 0 Å². The summed E-state index contributed by atoms with van der Waals surface area (Å²) in [5, 5.41) is 28.3. The van der Waals surface area contributed by atoms with Gasteiger partial charge in [0.25, 0.3) is 0 Å². The first-order valence-corrected chi connectivity index (χ1v) is 10.7. The van der Waals surface area contributed by atoms with Gasteiger partial charge in [-0.3, -0.25) is 24.0 Å². The number of hydrogen-bond donors (Lipinski definition) is 4. The summed E-state index contributed by atoms with van der Waals surface area (Å²) in [4.78, 5) is 58.5. The number of para-hydroxylation sites is 1. The molecule has 0 radical (unpaired) electrons. The van der Waals surface area contributed by atoms with E-state index >= 15 is 0 Å². The second kappa shape index (κ2) is 12.8. The molecule has 2 amide bonds. The SMILES string of the molecule is NC(=O)[C@H](CCC(=O)O)CC(=O)[C@H](CCC(=O)O)NC(=O)CCc1cn(-c2ccccc2)nn1. The number of aromatic nitrogens is 3. The number of aliphatic carboxylic acids is 2. The van der Waals surface area contributed by atoms with E-state index in [9.17, 15) is 24.0 Å². The van der Waals surface area contributed by atoms with Crippen LogP contribution in [0.15, 0.2) is 36.5 Å². The number of rotatable bonds is 15. The van der Waals surface area contributed by atoms with Crippen LogP contribution < -0.4 is 11.1 Å². The first kappa shape index (κ1) is 26.2. The third kappa shape index (κ3) is 8.81. The number of nitrogens with two attached hydrogens (primary N) is 1. The van der Waals surface area contributed by atoms with E-state index in [4.69, 9.17) is 15.9 Å². The highest BCUT2D eigenvalue weighted by Gasteiger charge is 2.27. The number of hydrogen-bond acceptors (Lipinski definition) is 7. The molecule has 1 aromatic carbocycles. The number of primary amides is 1. The summed E-state index contributed by atoms with van der Waals surface area (Å²) in [5.74, 6) is -5.24. The molecule has 0 spiro atoms. The molecule has 1 aromatic heterocycles. The number of amides is 2. The Morgan fingerprint density at radius 2 is 1.62 bits per heavy atom. The minimum atomic E-state index is -1.15. The van der Waals surface area contributed by atoms with E-state index in [1.165, 1.54) is 0 Å². The fourth-order valence-corrected chi connectivity index (χ4v) is 3.24. The maximum Gasteiger partial charge on any atom is 0.303 e. The lowest BCUT2D eigenvalue weighted by Crippen LogP contribution is -2.43. The average Bonchev–Trinajstić information content (AvgIpc) is 3.27. The Morgan fingerprint density at radius 3 is 2.24 bits per heavy atom. The molecular formula is C22H27N5O7. The Labute approximate surface area is 195 Å². The maximum atomic E-state index is 12.7. The topological polar surface area (TPSA) is 195 Å². The van der Waals surface area contributed by atoms with E-state index in [0.29, 0.717) is 5.69 Å². The van der Waals surface area contributed by atoms with Crippen molar-refractivity contribution in [3.63, 3.8) is 0 Å². The molecule has 0 saturated heterocycles. The van der Waals surface area contributed by atoms with Gasteiger partial charge in [0, 0.05) is 38.0 Å². The molecule has 2 rings (SSSR count). The molecule has 34 heavy (non-hydrogen) atoms. The Morgan fingerprint density at radius 1 is 0.971 bits per heavy atom. The number of ketones is 1. The Balaban J connectivity index is 1.96. The number of carboxylic acids is 2. The highest BCUT2D eigenvalue weighted by atomic mass is 16.4. The standard InChI is InChI=1S/C22H27N5O7/c23-22(34)14(6-10-20(30)31)12-18(28)17(8-11-21(32)33)24-19(29)9-7-15-13-27(26-25-15)16-4-2-1-3-5-16/h1-5,13-14,17H,6-12H2,(H2,23,34)(H,24,29)(H,30,31)(H,32,33)/t14-,17+/m1/s1. The van der Waals surface area contributed by atoms with Crippen molar-refractivity contribution in [1.29, 1.82) is 0 Å². The lowest BCUT2D eigenvalue weighted by Gasteiger charge is -2.19. The first-order chi connectivity index (χ1) is 16.2. The number of benzene rings is 1. The molecule has 0 saturated carbocycles. The Kier molecular flexibility index (Phi) is 9.87. The Bertz CT molecular complexity index is 1020. The molecule has 12 nitrogen and oxygen atoms in total. The van der Waals surface area contributed by atoms with Crippen LogP contribution in [0.3, 0.4) is 0 Å². The lowest BCUT2D eigenvalue weighted by molar-refractivity contribution is -0.139. The molecule has 5 N–H and O–H groups in total. The Hall–Kier alpha value is -4.09. The molecule has 0 fully saturated rings. The van der Waals surface area contributed by atoms with Crippen molar-refractivity contribution in [2.75, 3.05) is 0 Å². The second-order valence-corrected chi connectivity index (χ2v) is 7.74. The summed E-state index contributed by atoms with van der Waals surface area (Å²) in [6.45, 7) is 0. The predicted molar refractivity (Wildman–Crippen MR) is 118 cm³/mol. The zero-order valence-electron chi connectivity index (χ0n) is 18.4. The minimum Gasteiger partial charge on any atom is -0.481 e. The summed E-state index contributed by atoms with van der Waals surface area (Å²) in [5.41, 5.74) is 6.62. The van der Waals surface area contributed by atoms with E-state index in [2.05, 4.69) is 15.6 Å². The van der Waals surface area contributed by atoms with Crippen molar-refractivity contribution in [2.45, 2.75) is 51.0 Å². The molecule has 2 atom stereocenters. The van der Waals surface area contributed by atoms with Crippen LogP contribution in [0.4, 0.5) is 0 Å². The highest BCUT2D eigenvalue weighted by Crippen LogP contribution is 2.15. The van der Waals surface area contributed by atoms with Crippen LogP contribution in [0.5, 0.6) is 0 Å². The van der Waals surface area contributed by atoms with Crippen LogP contribution in [0, 0.1) is 5.92 Å². The summed E-state index contributed by atoms with van der Waals surface area (Å²) in [6.07, 6.45) is 0.467. The van der Waals surface area contributed by atoms with Crippen LogP contribution in [0.2, 0.25) is 0 Å². The van der Waals surface area contributed by atoms with E-state index in [1.54, 1.807) is 10.9 Å². The van der Waals surface area contributed by atoms with Crippen molar-refractivity contribution in [2.24, 2.45) is 11.7 Å². The molecule has 0 aliphatic heterocycles. The summed E-state index contributed by atoms with van der Waals surface area (Å²) in [6, 6.07) is 8.12. The highest BCUT2D eigenvalue weighted by molar-refractivity contribution is 5.92. The van der Waals surface area contributed by atoms with Crippen LogP contribution in [-0.2, 0) is 30.4 Å². The van der Waals surface area contributed by atoms with Crippen molar-refractivity contribution >= 4 is 29.5 Å². The van der Waals surface area contributed by atoms with E-state index in [1.807, 2.05) is 30.3 Å². The van der Waals surface area contributed by atoms with Gasteiger partial charge in [-0.25, -0.2) is 4.68 Å². The van der Waals surface area contributed by atoms with Gasteiger partial charge in [0.05, 0.1) is 23.6 Å². The van der Waals surface area contributed by atoms with Crippen LogP contribution in [0.25, 0.3) is 5.69 Å². The second-order valence-electron chi connectivity index (χ2n) is 7.74. The number of nitrogens with zero attached hydrogens (tertiary/aromatic N) is 3. The molecule has 0 unspecified atom stereocenters. The van der Waals surface area contributed by atoms with Gasteiger partial charge in [0.2, 0.25) is 11.8 Å². The molecular weight excluding hydrogens is 446 g/mol. The normalized spacial score (nSPS) is 12.5. The lowest BCUT2D eigenvalue weighted by atomic mass is 9.92. The first-order valence-electron chi connectivity index (χ1n) is 10.7. The van der Waals surface area contributed by atoms with Gasteiger partial charge in [0.1, 0.15) is 0 Å². The number of carbonyl (C=O) groups excluding carboxylic acids is 3. The molecule has 0 aliphatic carbocycles. The van der Waals surface area contributed by atoms with Crippen LogP contribution in [0.1, 0.15) is 44.2 Å². The molecule has 0 bridgehead atoms. The predicted octanol–water partition coefficient (Wildman–Crippen LogP) is 0.475. The summed E-state index contributed by atoms with van der Waals surface area (Å²) >= 11 is 0. The number of Topliss-reactive ketones (excluding diaryl/α,β-unsaturated/α-hetero) is 1. The van der Waals surface area contributed by atoms with Gasteiger partial charge in [0.15, 0.2) is 5.78 Å². The van der Waals surface area contributed by atoms with Gasteiger partial charge < -0.3 is 21.3 Å². The van der Waals surface area contributed by atoms with E-state index < -0.39 is 47.9 Å². The van der Waals surface area contributed by atoms with Crippen molar-refractivity contribution in [3.05, 3.63) is 42.2 Å². The fourth-order valence-electron chi connectivity index (χ4n) is 3.24. The molecule has 0 aliphatic rings. The maximum absolute atomic E-state index is 12.7. The zero-order valence-corrected chi connectivity index (χ0v) is 18.4. The molecule has 182 valence electrons. The smallest absolute Gasteiger partial charge is 0.303 e. The van der Waals surface area contributed by atoms with Crippen LogP contribution in [-0.4, -0.2) is 60.8 Å². The monoisotopic (exact) mass is 473 g/mol. The van der Waals surface area contributed by atoms with Crippen molar-refractivity contribution in [1.82, 2.24) is 20.3 Å².